The number of ether oxygens (including phenoxy) is 3. The van der Waals surface area contributed by atoms with Gasteiger partial charge in [-0.15, -0.1) is 0 Å². The number of anilines is 2. The number of morpholine rings is 1. The van der Waals surface area contributed by atoms with Crippen molar-refractivity contribution in [2.45, 2.75) is 6.61 Å². The van der Waals surface area contributed by atoms with Crippen molar-refractivity contribution in [2.75, 3.05) is 43.3 Å². The van der Waals surface area contributed by atoms with Crippen LogP contribution in [-0.4, -0.2) is 39.0 Å². The molecule has 2 aliphatic rings. The van der Waals surface area contributed by atoms with Gasteiger partial charge in [-0.05, 0) is 30.3 Å². The predicted octanol–water partition coefficient (Wildman–Crippen LogP) is 3.30. The second kappa shape index (κ2) is 7.53. The van der Waals surface area contributed by atoms with Gasteiger partial charge in [0.2, 0.25) is 0 Å². The van der Waals surface area contributed by atoms with Crippen LogP contribution in [0.15, 0.2) is 36.4 Å². The smallest absolute Gasteiger partial charge is 0.255 e. The third kappa shape index (κ3) is 3.49. The molecule has 26 heavy (non-hydrogen) atoms. The van der Waals surface area contributed by atoms with E-state index < -0.39 is 0 Å². The largest absolute Gasteiger partial charge is 0.467 e. The van der Waals surface area contributed by atoms with Crippen LogP contribution in [0.25, 0.3) is 0 Å². The van der Waals surface area contributed by atoms with E-state index in [1.807, 2.05) is 18.2 Å². The van der Waals surface area contributed by atoms with E-state index >= 15 is 0 Å². The molecule has 6 nitrogen and oxygen atoms in total. The Hall–Kier alpha value is -2.28. The Morgan fingerprint density at radius 3 is 2.81 bits per heavy atom. The van der Waals surface area contributed by atoms with Gasteiger partial charge in [0.25, 0.3) is 5.91 Å². The molecule has 136 valence electrons. The van der Waals surface area contributed by atoms with Crippen LogP contribution in [0.3, 0.4) is 0 Å². The molecule has 0 aromatic heterocycles. The van der Waals surface area contributed by atoms with E-state index in [4.69, 9.17) is 25.8 Å². The summed E-state index contributed by atoms with van der Waals surface area (Å²) in [5, 5.41) is 3.59. The zero-order chi connectivity index (χ0) is 17.9. The lowest BCUT2D eigenvalue weighted by Crippen LogP contribution is -2.37. The van der Waals surface area contributed by atoms with Crippen LogP contribution in [0.2, 0.25) is 5.02 Å². The lowest BCUT2D eigenvalue weighted by atomic mass is 10.1. The Kier molecular flexibility index (Phi) is 4.97. The molecule has 2 aromatic rings. The van der Waals surface area contributed by atoms with Crippen molar-refractivity contribution in [3.05, 3.63) is 52.5 Å². The Balaban J connectivity index is 1.59. The minimum Gasteiger partial charge on any atom is -0.467 e. The molecule has 0 radical (unpaired) electrons. The van der Waals surface area contributed by atoms with Crippen LogP contribution in [0.5, 0.6) is 5.75 Å². The van der Waals surface area contributed by atoms with Gasteiger partial charge in [0.1, 0.15) is 5.75 Å². The summed E-state index contributed by atoms with van der Waals surface area (Å²) in [6, 6.07) is 10.9. The Labute approximate surface area is 156 Å². The Bertz CT molecular complexity index is 821. The van der Waals surface area contributed by atoms with Crippen molar-refractivity contribution in [3.8, 4) is 5.75 Å². The first-order valence-corrected chi connectivity index (χ1v) is 8.86. The molecular weight excluding hydrogens is 356 g/mol. The molecule has 2 aromatic carbocycles. The quantitative estimate of drug-likeness (QED) is 0.893. The summed E-state index contributed by atoms with van der Waals surface area (Å²) in [6.07, 6.45) is 0. The van der Waals surface area contributed by atoms with Gasteiger partial charge in [0.15, 0.2) is 6.79 Å². The molecule has 0 aliphatic carbocycles. The maximum atomic E-state index is 12.8. The van der Waals surface area contributed by atoms with E-state index in [2.05, 4.69) is 10.2 Å². The van der Waals surface area contributed by atoms with E-state index in [1.54, 1.807) is 18.2 Å². The number of carbonyl (C=O) groups excluding carboxylic acids is 1. The molecular formula is C19H19ClN2O4. The van der Waals surface area contributed by atoms with Gasteiger partial charge in [-0.3, -0.25) is 4.79 Å². The number of nitrogens with one attached hydrogen (secondary N) is 1. The number of rotatable bonds is 3. The predicted molar refractivity (Wildman–Crippen MR) is 99.2 cm³/mol. The van der Waals surface area contributed by atoms with Crippen LogP contribution in [0.4, 0.5) is 11.4 Å². The number of hydrogen-bond donors (Lipinski definition) is 1. The second-order valence-corrected chi connectivity index (χ2v) is 6.53. The number of benzene rings is 2. The molecule has 0 saturated carbocycles. The molecule has 0 atom stereocenters. The molecule has 1 N–H and O–H groups in total. The van der Waals surface area contributed by atoms with E-state index in [9.17, 15) is 4.79 Å². The maximum absolute atomic E-state index is 12.8. The van der Waals surface area contributed by atoms with Crippen molar-refractivity contribution in [1.29, 1.82) is 0 Å². The van der Waals surface area contributed by atoms with Crippen LogP contribution in [0.1, 0.15) is 15.9 Å². The van der Waals surface area contributed by atoms with Gasteiger partial charge in [0, 0.05) is 24.2 Å². The van der Waals surface area contributed by atoms with Crippen molar-refractivity contribution in [2.24, 2.45) is 0 Å². The van der Waals surface area contributed by atoms with Gasteiger partial charge < -0.3 is 24.4 Å². The van der Waals surface area contributed by atoms with Crippen molar-refractivity contribution >= 4 is 28.9 Å². The standard InChI is InChI=1S/C19H19ClN2O4/c20-15-2-1-3-16(18(15)22-6-8-24-9-7-22)21-19(23)13-4-5-17-14(10-13)11-25-12-26-17/h1-5,10H,6-9,11-12H2,(H,21,23). The van der Waals surface area contributed by atoms with Crippen LogP contribution in [-0.2, 0) is 16.1 Å². The lowest BCUT2D eigenvalue weighted by molar-refractivity contribution is -0.0163. The third-order valence-electron chi connectivity index (χ3n) is 4.44. The van der Waals surface area contributed by atoms with Crippen molar-refractivity contribution in [1.82, 2.24) is 0 Å². The molecule has 0 spiro atoms. The molecule has 2 heterocycles. The normalized spacial score (nSPS) is 16.6. The van der Waals surface area contributed by atoms with E-state index in [0.29, 0.717) is 36.1 Å². The van der Waals surface area contributed by atoms with Crippen molar-refractivity contribution in [3.63, 3.8) is 0 Å². The summed E-state index contributed by atoms with van der Waals surface area (Å²) in [7, 11) is 0. The number of hydrogen-bond acceptors (Lipinski definition) is 5. The Morgan fingerprint density at radius 2 is 1.96 bits per heavy atom. The van der Waals surface area contributed by atoms with Gasteiger partial charge in [-0.25, -0.2) is 0 Å². The maximum Gasteiger partial charge on any atom is 0.255 e. The summed E-state index contributed by atoms with van der Waals surface area (Å²) >= 11 is 6.42. The SMILES string of the molecule is O=C(Nc1cccc(Cl)c1N1CCOCC1)c1ccc2c(c1)COCO2. The Morgan fingerprint density at radius 1 is 1.12 bits per heavy atom. The summed E-state index contributed by atoms with van der Waals surface area (Å²) < 4.78 is 16.1. The number of nitrogens with zero attached hydrogens (tertiary/aromatic N) is 1. The fraction of sp³-hybridized carbons (Fsp3) is 0.316. The molecule has 0 unspecified atom stereocenters. The zero-order valence-corrected chi connectivity index (χ0v) is 14.9. The molecule has 1 amide bonds. The molecule has 1 fully saturated rings. The average Bonchev–Trinajstić information content (AvgIpc) is 2.68. The van der Waals surface area contributed by atoms with Gasteiger partial charge in [0.05, 0.1) is 36.2 Å². The monoisotopic (exact) mass is 374 g/mol. The van der Waals surface area contributed by atoms with Crippen LogP contribution < -0.4 is 15.0 Å². The first kappa shape index (κ1) is 17.1. The van der Waals surface area contributed by atoms with Crippen LogP contribution in [0, 0.1) is 0 Å². The van der Waals surface area contributed by atoms with Crippen LogP contribution >= 0.6 is 11.6 Å². The highest BCUT2D eigenvalue weighted by Gasteiger charge is 2.20. The number of amides is 1. The first-order chi connectivity index (χ1) is 12.7. The zero-order valence-electron chi connectivity index (χ0n) is 14.2. The van der Waals surface area contributed by atoms with Gasteiger partial charge in [-0.1, -0.05) is 17.7 Å². The molecule has 4 rings (SSSR count). The minimum atomic E-state index is -0.199. The fourth-order valence-electron chi connectivity index (χ4n) is 3.15. The highest BCUT2D eigenvalue weighted by molar-refractivity contribution is 6.34. The molecule has 1 saturated heterocycles. The highest BCUT2D eigenvalue weighted by atomic mass is 35.5. The summed E-state index contributed by atoms with van der Waals surface area (Å²) in [5.41, 5.74) is 2.93. The topological polar surface area (TPSA) is 60.0 Å². The summed E-state index contributed by atoms with van der Waals surface area (Å²) in [4.78, 5) is 14.9. The van der Waals surface area contributed by atoms with Gasteiger partial charge >= 0.3 is 0 Å². The van der Waals surface area contributed by atoms with Gasteiger partial charge in [-0.2, -0.15) is 0 Å². The van der Waals surface area contributed by atoms with E-state index in [-0.39, 0.29) is 12.7 Å². The van der Waals surface area contributed by atoms with Crippen molar-refractivity contribution < 1.29 is 19.0 Å². The molecule has 7 heteroatoms. The summed E-state index contributed by atoms with van der Waals surface area (Å²) in [6.45, 7) is 3.43. The number of halogens is 1. The summed E-state index contributed by atoms with van der Waals surface area (Å²) in [5.74, 6) is 0.555. The average molecular weight is 375 g/mol. The number of fused-ring (bicyclic) bond motifs is 1. The van der Waals surface area contributed by atoms with E-state index in [1.165, 1.54) is 0 Å². The second-order valence-electron chi connectivity index (χ2n) is 6.12. The third-order valence-corrected chi connectivity index (χ3v) is 4.75. The molecule has 2 aliphatic heterocycles. The number of para-hydroxylation sites is 1. The molecule has 0 bridgehead atoms. The fourth-order valence-corrected chi connectivity index (χ4v) is 3.44. The number of carbonyl (C=O) groups is 1. The van der Waals surface area contributed by atoms with E-state index in [0.717, 1.165) is 30.1 Å². The first-order valence-electron chi connectivity index (χ1n) is 8.48. The highest BCUT2D eigenvalue weighted by Crippen LogP contribution is 2.35. The lowest BCUT2D eigenvalue weighted by Gasteiger charge is -2.31. The minimum absolute atomic E-state index is 0.199.